The fourth-order valence-corrected chi connectivity index (χ4v) is 4.45. The predicted octanol–water partition coefficient (Wildman–Crippen LogP) is 4.07. The van der Waals surface area contributed by atoms with E-state index in [2.05, 4.69) is 27.8 Å². The highest BCUT2D eigenvalue weighted by atomic mass is 79.9. The van der Waals surface area contributed by atoms with Gasteiger partial charge in [-0.25, -0.2) is 13.2 Å². The first-order valence-corrected chi connectivity index (χ1v) is 10.6. The molecule has 0 fully saturated rings. The monoisotopic (exact) mass is 465 g/mol. The second-order valence-corrected chi connectivity index (χ2v) is 8.75. The number of rotatable bonds is 6. The number of aryl methyl sites for hydroxylation is 1. The van der Waals surface area contributed by atoms with Gasteiger partial charge >= 0.3 is 5.97 Å². The van der Waals surface area contributed by atoms with Crippen LogP contribution in [0.1, 0.15) is 29.3 Å². The van der Waals surface area contributed by atoms with E-state index in [1.165, 1.54) is 25.2 Å². The zero-order chi connectivity index (χ0) is 20.9. The second kappa shape index (κ2) is 9.13. The Morgan fingerprint density at radius 2 is 1.86 bits per heavy atom. The zero-order valence-corrected chi connectivity index (χ0v) is 18.1. The van der Waals surface area contributed by atoms with E-state index in [1.807, 2.05) is 6.92 Å². The maximum Gasteiger partial charge on any atom is 0.337 e. The Kier molecular flexibility index (Phi) is 7.11. The van der Waals surface area contributed by atoms with Crippen LogP contribution >= 0.6 is 15.9 Å². The van der Waals surface area contributed by atoms with Crippen molar-refractivity contribution in [3.8, 4) is 17.6 Å². The normalized spacial score (nSPS) is 10.7. The average Bonchev–Trinajstić information content (AvgIpc) is 2.64. The Balaban J connectivity index is 2.36. The first-order valence-electron chi connectivity index (χ1n) is 8.39. The Hall–Kier alpha value is -2.50. The number of halogens is 1. The van der Waals surface area contributed by atoms with E-state index in [-0.39, 0.29) is 22.8 Å². The van der Waals surface area contributed by atoms with Crippen molar-refractivity contribution in [2.75, 3.05) is 18.0 Å². The van der Waals surface area contributed by atoms with Gasteiger partial charge in [0.2, 0.25) is 0 Å². The molecule has 0 heterocycles. The van der Waals surface area contributed by atoms with E-state index < -0.39 is 16.0 Å². The fraction of sp³-hybridized carbons (Fsp3) is 0.250. The number of anilines is 1. The van der Waals surface area contributed by atoms with E-state index in [9.17, 15) is 18.3 Å². The molecule has 1 N–H and O–H groups in total. The SMILES string of the molecule is CCC#CCOc1ccc(S(=O)(=O)N(C)c2c(C)cc(Br)cc2C(=O)O)cc1. The lowest BCUT2D eigenvalue weighted by Crippen LogP contribution is -2.29. The number of hydrogen-bond donors (Lipinski definition) is 1. The summed E-state index contributed by atoms with van der Waals surface area (Å²) in [5.41, 5.74) is 0.533. The number of aromatic carboxylic acids is 1. The number of carboxylic acid groups (broad SMARTS) is 1. The third-order valence-electron chi connectivity index (χ3n) is 3.91. The molecule has 148 valence electrons. The average molecular weight is 466 g/mol. The minimum absolute atomic E-state index is 0.0284. The number of hydrogen-bond acceptors (Lipinski definition) is 4. The molecule has 8 heteroatoms. The standard InChI is InChI=1S/C20H20BrNO5S/c1-4-5-6-11-27-16-7-9-17(10-8-16)28(25,26)22(3)19-14(2)12-15(21)13-18(19)20(23)24/h7-10,12-13H,4,11H2,1-3H3,(H,23,24). The summed E-state index contributed by atoms with van der Waals surface area (Å²) >= 11 is 3.24. The van der Waals surface area contributed by atoms with Crippen molar-refractivity contribution in [2.45, 2.75) is 25.2 Å². The van der Waals surface area contributed by atoms with Crippen LogP contribution in [0, 0.1) is 18.8 Å². The molecule has 0 aromatic heterocycles. The second-order valence-electron chi connectivity index (χ2n) is 5.86. The molecular formula is C20H20BrNO5S. The van der Waals surface area contributed by atoms with Gasteiger partial charge in [0.05, 0.1) is 16.1 Å². The highest BCUT2D eigenvalue weighted by molar-refractivity contribution is 9.10. The van der Waals surface area contributed by atoms with Gasteiger partial charge in [0.15, 0.2) is 0 Å². The number of sulfonamides is 1. The third kappa shape index (κ3) is 4.86. The van der Waals surface area contributed by atoms with Gasteiger partial charge in [-0.1, -0.05) is 28.8 Å². The molecule has 0 unspecified atom stereocenters. The summed E-state index contributed by atoms with van der Waals surface area (Å²) in [4.78, 5) is 11.6. The molecule has 2 aromatic rings. The molecule has 0 saturated carbocycles. The molecule has 0 amide bonds. The predicted molar refractivity (Wildman–Crippen MR) is 111 cm³/mol. The number of benzene rings is 2. The highest BCUT2D eigenvalue weighted by Gasteiger charge is 2.27. The lowest BCUT2D eigenvalue weighted by molar-refractivity contribution is 0.0697. The van der Waals surface area contributed by atoms with Crippen molar-refractivity contribution in [3.05, 3.63) is 52.0 Å². The Morgan fingerprint density at radius 1 is 1.21 bits per heavy atom. The van der Waals surface area contributed by atoms with Gasteiger partial charge in [-0.2, -0.15) is 0 Å². The van der Waals surface area contributed by atoms with Gasteiger partial charge < -0.3 is 9.84 Å². The summed E-state index contributed by atoms with van der Waals surface area (Å²) in [7, 11) is -2.62. The quantitative estimate of drug-likeness (QED) is 0.649. The van der Waals surface area contributed by atoms with Gasteiger partial charge in [0.25, 0.3) is 10.0 Å². The van der Waals surface area contributed by atoms with Crippen molar-refractivity contribution >= 4 is 37.6 Å². The maximum absolute atomic E-state index is 13.0. The van der Waals surface area contributed by atoms with Crippen molar-refractivity contribution < 1.29 is 23.1 Å². The van der Waals surface area contributed by atoms with Crippen molar-refractivity contribution in [1.82, 2.24) is 0 Å². The van der Waals surface area contributed by atoms with Crippen molar-refractivity contribution in [1.29, 1.82) is 0 Å². The molecule has 2 aromatic carbocycles. The minimum Gasteiger partial charge on any atom is -0.481 e. The molecule has 0 radical (unpaired) electrons. The molecular weight excluding hydrogens is 446 g/mol. The third-order valence-corrected chi connectivity index (χ3v) is 6.13. The van der Waals surface area contributed by atoms with Crippen molar-refractivity contribution in [3.63, 3.8) is 0 Å². The molecule has 0 aliphatic carbocycles. The fourth-order valence-electron chi connectivity index (χ4n) is 2.60. The van der Waals surface area contributed by atoms with Crippen LogP contribution in [-0.2, 0) is 10.0 Å². The topological polar surface area (TPSA) is 83.9 Å². The summed E-state index contributed by atoms with van der Waals surface area (Å²) < 4.78 is 33.0. The highest BCUT2D eigenvalue weighted by Crippen LogP contribution is 2.32. The first kappa shape index (κ1) is 21.8. The lowest BCUT2D eigenvalue weighted by Gasteiger charge is -2.23. The van der Waals surface area contributed by atoms with Gasteiger partial charge in [0.1, 0.15) is 12.4 Å². The first-order chi connectivity index (χ1) is 13.2. The Morgan fingerprint density at radius 3 is 2.43 bits per heavy atom. The molecule has 6 nitrogen and oxygen atoms in total. The molecule has 0 spiro atoms. The Labute approximate surface area is 173 Å². The maximum atomic E-state index is 13.0. The van der Waals surface area contributed by atoms with E-state index >= 15 is 0 Å². The lowest BCUT2D eigenvalue weighted by atomic mass is 10.1. The largest absolute Gasteiger partial charge is 0.481 e. The number of carboxylic acids is 1. The van der Waals surface area contributed by atoms with Crippen LogP contribution in [0.15, 0.2) is 45.8 Å². The van der Waals surface area contributed by atoms with Crippen LogP contribution in [0.4, 0.5) is 5.69 Å². The Bertz CT molecular complexity index is 1040. The summed E-state index contributed by atoms with van der Waals surface area (Å²) in [5.74, 6) is 5.01. The number of carbonyl (C=O) groups is 1. The number of ether oxygens (including phenoxy) is 1. The molecule has 0 saturated heterocycles. The van der Waals surface area contributed by atoms with E-state index in [4.69, 9.17) is 4.74 Å². The molecule has 0 aliphatic heterocycles. The van der Waals surface area contributed by atoms with Crippen LogP contribution in [0.2, 0.25) is 0 Å². The molecule has 28 heavy (non-hydrogen) atoms. The van der Waals surface area contributed by atoms with Crippen LogP contribution in [0.5, 0.6) is 5.75 Å². The summed E-state index contributed by atoms with van der Waals surface area (Å²) in [6.07, 6.45) is 0.737. The molecule has 2 rings (SSSR count). The molecule has 0 aliphatic rings. The van der Waals surface area contributed by atoms with Gasteiger partial charge in [-0.3, -0.25) is 4.31 Å². The number of nitrogens with zero attached hydrogens (tertiary/aromatic N) is 1. The van der Waals surface area contributed by atoms with E-state index in [0.717, 1.165) is 10.7 Å². The van der Waals surface area contributed by atoms with Gasteiger partial charge in [0, 0.05) is 17.9 Å². The molecule has 0 atom stereocenters. The van der Waals surface area contributed by atoms with E-state index in [0.29, 0.717) is 15.8 Å². The zero-order valence-electron chi connectivity index (χ0n) is 15.7. The molecule has 0 bridgehead atoms. The summed E-state index contributed by atoms with van der Waals surface area (Å²) in [6, 6.07) is 8.97. The van der Waals surface area contributed by atoms with Gasteiger partial charge in [-0.15, -0.1) is 5.92 Å². The van der Waals surface area contributed by atoms with Crippen LogP contribution in [0.25, 0.3) is 0 Å². The summed E-state index contributed by atoms with van der Waals surface area (Å²) in [6.45, 7) is 3.82. The van der Waals surface area contributed by atoms with Crippen molar-refractivity contribution in [2.24, 2.45) is 0 Å². The summed E-state index contributed by atoms with van der Waals surface area (Å²) in [5, 5.41) is 9.49. The smallest absolute Gasteiger partial charge is 0.337 e. The van der Waals surface area contributed by atoms with E-state index in [1.54, 1.807) is 25.1 Å². The van der Waals surface area contributed by atoms with Gasteiger partial charge in [-0.05, 0) is 48.9 Å². The van der Waals surface area contributed by atoms with Crippen LogP contribution < -0.4 is 9.04 Å². The minimum atomic E-state index is -3.96. The van der Waals surface area contributed by atoms with Crippen LogP contribution in [0.3, 0.4) is 0 Å². The van der Waals surface area contributed by atoms with Crippen LogP contribution in [-0.4, -0.2) is 33.1 Å².